The third kappa shape index (κ3) is 5.29. The number of carbonyl (C=O) groups is 2. The molecule has 0 bridgehead atoms. The third-order valence-electron chi connectivity index (χ3n) is 5.62. The van der Waals surface area contributed by atoms with Gasteiger partial charge in [0.05, 0.1) is 11.7 Å². The Balaban J connectivity index is 1.46. The zero-order chi connectivity index (χ0) is 23.2. The first-order chi connectivity index (χ1) is 16.0. The van der Waals surface area contributed by atoms with Gasteiger partial charge < -0.3 is 9.64 Å². The minimum Gasteiger partial charge on any atom is -0.448 e. The average Bonchev–Trinajstić information content (AvgIpc) is 3.31. The highest BCUT2D eigenvalue weighted by atomic mass is 16.5. The van der Waals surface area contributed by atoms with Crippen molar-refractivity contribution in [3.63, 3.8) is 0 Å². The Bertz CT molecular complexity index is 1120. The van der Waals surface area contributed by atoms with Crippen molar-refractivity contribution in [1.29, 1.82) is 0 Å². The summed E-state index contributed by atoms with van der Waals surface area (Å²) >= 11 is 0. The molecule has 1 heterocycles. The quantitative estimate of drug-likeness (QED) is 0.504. The molecule has 3 aromatic rings. The van der Waals surface area contributed by atoms with Crippen LogP contribution in [0.25, 0.3) is 0 Å². The van der Waals surface area contributed by atoms with Crippen LogP contribution in [0.3, 0.4) is 0 Å². The summed E-state index contributed by atoms with van der Waals surface area (Å²) in [4.78, 5) is 27.3. The number of rotatable bonds is 7. The maximum Gasteiger partial charge on any atom is 0.355 e. The highest BCUT2D eigenvalue weighted by Crippen LogP contribution is 2.35. The number of carbonyl (C=O) groups excluding carboxylic acids is 2. The zero-order valence-electron chi connectivity index (χ0n) is 18.8. The number of anilines is 1. The number of likely N-dealkylation sites (N-methyl/N-ethyl adjacent to an activating group) is 1. The first kappa shape index (κ1) is 22.3. The molecule has 0 aliphatic carbocycles. The molecular weight excluding hydrogens is 414 g/mol. The first-order valence-corrected chi connectivity index (χ1v) is 11.0. The van der Waals surface area contributed by atoms with Crippen molar-refractivity contribution >= 4 is 23.3 Å². The zero-order valence-corrected chi connectivity index (χ0v) is 18.8. The van der Waals surface area contributed by atoms with Crippen LogP contribution in [0.5, 0.6) is 0 Å². The third-order valence-corrected chi connectivity index (χ3v) is 5.62. The molecule has 3 aromatic carbocycles. The second-order valence-electron chi connectivity index (χ2n) is 8.08. The van der Waals surface area contributed by atoms with Crippen LogP contribution in [-0.2, 0) is 20.9 Å². The molecule has 0 aromatic heterocycles. The highest BCUT2D eigenvalue weighted by Gasteiger charge is 2.34. The molecule has 6 nitrogen and oxygen atoms in total. The number of nitrogens with zero attached hydrogens (tertiary/aromatic N) is 3. The van der Waals surface area contributed by atoms with Crippen LogP contribution in [0.1, 0.15) is 30.5 Å². The van der Waals surface area contributed by atoms with Gasteiger partial charge in [0.25, 0.3) is 5.91 Å². The fourth-order valence-electron chi connectivity index (χ4n) is 3.91. The molecule has 168 valence electrons. The van der Waals surface area contributed by atoms with Gasteiger partial charge >= 0.3 is 5.97 Å². The van der Waals surface area contributed by atoms with Crippen molar-refractivity contribution in [2.24, 2.45) is 5.10 Å². The van der Waals surface area contributed by atoms with Crippen LogP contribution in [0.15, 0.2) is 96.1 Å². The van der Waals surface area contributed by atoms with Crippen molar-refractivity contribution in [1.82, 2.24) is 4.90 Å². The van der Waals surface area contributed by atoms with Crippen molar-refractivity contribution in [3.05, 3.63) is 102 Å². The number of ether oxygens (including phenoxy) is 1. The molecule has 0 fully saturated rings. The molecule has 2 atom stereocenters. The SMILES string of the molecule is CC(OC(=O)C1=NN(c2ccccc2)C(c2ccccc2)C1)C(=O)N(C)Cc1ccccc1. The summed E-state index contributed by atoms with van der Waals surface area (Å²) in [5, 5.41) is 6.44. The predicted octanol–water partition coefficient (Wildman–Crippen LogP) is 4.58. The number of amides is 1. The number of benzene rings is 3. The topological polar surface area (TPSA) is 62.2 Å². The molecule has 1 amide bonds. The van der Waals surface area contributed by atoms with Gasteiger partial charge in [-0.1, -0.05) is 78.9 Å². The average molecular weight is 442 g/mol. The summed E-state index contributed by atoms with van der Waals surface area (Å²) in [5.41, 5.74) is 3.26. The molecule has 33 heavy (non-hydrogen) atoms. The molecule has 0 radical (unpaired) electrons. The van der Waals surface area contributed by atoms with Gasteiger partial charge in [-0.15, -0.1) is 0 Å². The fourth-order valence-corrected chi connectivity index (χ4v) is 3.91. The van der Waals surface area contributed by atoms with Crippen molar-refractivity contribution in [3.8, 4) is 0 Å². The van der Waals surface area contributed by atoms with E-state index in [0.717, 1.165) is 16.8 Å². The predicted molar refractivity (Wildman–Crippen MR) is 129 cm³/mol. The lowest BCUT2D eigenvalue weighted by molar-refractivity contribution is -0.153. The maximum atomic E-state index is 12.9. The van der Waals surface area contributed by atoms with E-state index in [1.807, 2.05) is 96.0 Å². The lowest BCUT2D eigenvalue weighted by atomic mass is 10.0. The Morgan fingerprint density at radius 2 is 1.55 bits per heavy atom. The van der Waals surface area contributed by atoms with Crippen molar-refractivity contribution in [2.45, 2.75) is 32.0 Å². The van der Waals surface area contributed by atoms with Gasteiger partial charge in [-0.05, 0) is 30.2 Å². The Morgan fingerprint density at radius 1 is 0.970 bits per heavy atom. The van der Waals surface area contributed by atoms with E-state index in [1.165, 1.54) is 0 Å². The van der Waals surface area contributed by atoms with Crippen LogP contribution in [0, 0.1) is 0 Å². The molecule has 0 N–H and O–H groups in total. The lowest BCUT2D eigenvalue weighted by Crippen LogP contribution is -2.38. The number of hydrazone groups is 1. The fraction of sp³-hybridized carbons (Fsp3) is 0.222. The molecule has 4 rings (SSSR count). The van der Waals surface area contributed by atoms with Gasteiger partial charge in [0.2, 0.25) is 0 Å². The van der Waals surface area contributed by atoms with Crippen molar-refractivity contribution in [2.75, 3.05) is 12.1 Å². The first-order valence-electron chi connectivity index (χ1n) is 11.0. The van der Waals surface area contributed by atoms with Gasteiger partial charge in [0, 0.05) is 20.0 Å². The molecule has 6 heteroatoms. The summed E-state index contributed by atoms with van der Waals surface area (Å²) < 4.78 is 5.54. The Hall–Kier alpha value is -3.93. The minimum absolute atomic E-state index is 0.122. The van der Waals surface area contributed by atoms with E-state index in [9.17, 15) is 9.59 Å². The van der Waals surface area contributed by atoms with Crippen LogP contribution in [-0.4, -0.2) is 35.6 Å². The van der Waals surface area contributed by atoms with E-state index in [4.69, 9.17) is 4.74 Å². The van der Waals surface area contributed by atoms with Crippen LogP contribution < -0.4 is 5.01 Å². The summed E-state index contributed by atoms with van der Waals surface area (Å²) in [7, 11) is 1.70. The van der Waals surface area contributed by atoms with Crippen molar-refractivity contribution < 1.29 is 14.3 Å². The van der Waals surface area contributed by atoms with Gasteiger partial charge in [-0.3, -0.25) is 9.80 Å². The number of esters is 1. The van der Waals surface area contributed by atoms with Gasteiger partial charge in [-0.25, -0.2) is 4.79 Å². The van der Waals surface area contributed by atoms with E-state index in [2.05, 4.69) is 5.10 Å². The van der Waals surface area contributed by atoms with E-state index < -0.39 is 12.1 Å². The number of hydrogen-bond acceptors (Lipinski definition) is 5. The number of hydrogen-bond donors (Lipinski definition) is 0. The Morgan fingerprint density at radius 3 is 2.18 bits per heavy atom. The minimum atomic E-state index is -0.908. The lowest BCUT2D eigenvalue weighted by Gasteiger charge is -2.23. The summed E-state index contributed by atoms with van der Waals surface area (Å²) in [6, 6.07) is 29.2. The maximum absolute atomic E-state index is 12.9. The second kappa shape index (κ2) is 10.1. The molecule has 0 spiro atoms. The largest absolute Gasteiger partial charge is 0.448 e. The summed E-state index contributed by atoms with van der Waals surface area (Å²) in [6.45, 7) is 2.04. The summed E-state index contributed by atoms with van der Waals surface area (Å²) in [6.07, 6.45) is -0.506. The van der Waals surface area contributed by atoms with Crippen LogP contribution >= 0.6 is 0 Å². The summed E-state index contributed by atoms with van der Waals surface area (Å²) in [5.74, 6) is -0.825. The van der Waals surface area contributed by atoms with Gasteiger partial charge in [0.15, 0.2) is 6.10 Å². The molecule has 1 aliphatic rings. The second-order valence-corrected chi connectivity index (χ2v) is 8.08. The smallest absolute Gasteiger partial charge is 0.355 e. The van der Waals surface area contributed by atoms with E-state index >= 15 is 0 Å². The monoisotopic (exact) mass is 441 g/mol. The molecule has 2 unspecified atom stereocenters. The molecule has 0 saturated carbocycles. The molecular formula is C27H27N3O3. The van der Waals surface area contributed by atoms with Gasteiger partial charge in [-0.2, -0.15) is 5.10 Å². The Kier molecular flexibility index (Phi) is 6.83. The number of para-hydroxylation sites is 1. The van der Waals surface area contributed by atoms with Crippen LogP contribution in [0.4, 0.5) is 5.69 Å². The Labute approximate surface area is 194 Å². The molecule has 1 aliphatic heterocycles. The highest BCUT2D eigenvalue weighted by molar-refractivity contribution is 6.37. The van der Waals surface area contributed by atoms with E-state index in [-0.39, 0.29) is 11.9 Å². The van der Waals surface area contributed by atoms with Gasteiger partial charge in [0.1, 0.15) is 5.71 Å². The van der Waals surface area contributed by atoms with E-state index in [0.29, 0.717) is 18.7 Å². The van der Waals surface area contributed by atoms with Crippen LogP contribution in [0.2, 0.25) is 0 Å². The molecule has 0 saturated heterocycles. The standard InChI is InChI=1S/C27H27N3O3/c1-20(26(31)29(2)19-21-12-6-3-7-13-21)33-27(32)24-18-25(22-14-8-4-9-15-22)30(28-24)23-16-10-5-11-17-23/h3-17,20,25H,18-19H2,1-2H3. The van der Waals surface area contributed by atoms with E-state index in [1.54, 1.807) is 18.9 Å². The normalized spacial score (nSPS) is 16.1.